The normalized spacial score (nSPS) is 12.2. The molecule has 2 nitrogen and oxygen atoms in total. The molecule has 0 aliphatic carbocycles. The summed E-state index contributed by atoms with van der Waals surface area (Å²) >= 11 is 0. The van der Waals surface area contributed by atoms with Gasteiger partial charge in [0.1, 0.15) is 5.65 Å². The molecular formula is C17H10N2. The standard InChI is InChI=1S/C17H10N2/c1-2-11-4-5-13-10-19-9-8-18-17(19)14-7-6-12(3-1)15(11)16(13)14/h1-10H. The van der Waals surface area contributed by atoms with E-state index in [1.165, 1.54) is 32.3 Å². The van der Waals surface area contributed by atoms with Crippen molar-refractivity contribution >= 4 is 38.0 Å². The number of hydrogen-bond donors (Lipinski definition) is 0. The molecular weight excluding hydrogens is 232 g/mol. The van der Waals surface area contributed by atoms with E-state index < -0.39 is 0 Å². The first-order valence-electron chi connectivity index (χ1n) is 6.41. The maximum atomic E-state index is 4.49. The van der Waals surface area contributed by atoms with Gasteiger partial charge in [-0.15, -0.1) is 0 Å². The Morgan fingerprint density at radius 3 is 2.47 bits per heavy atom. The van der Waals surface area contributed by atoms with E-state index in [1.807, 2.05) is 12.4 Å². The zero-order valence-electron chi connectivity index (χ0n) is 10.2. The van der Waals surface area contributed by atoms with Crippen molar-refractivity contribution in [2.24, 2.45) is 0 Å². The molecule has 3 aromatic carbocycles. The first-order valence-corrected chi connectivity index (χ1v) is 6.41. The molecule has 5 rings (SSSR count). The minimum absolute atomic E-state index is 1.03. The highest BCUT2D eigenvalue weighted by Crippen LogP contribution is 2.35. The maximum Gasteiger partial charge on any atom is 0.144 e. The Bertz CT molecular complexity index is 1040. The summed E-state index contributed by atoms with van der Waals surface area (Å²) in [5.74, 6) is 0. The van der Waals surface area contributed by atoms with Crippen molar-refractivity contribution in [2.75, 3.05) is 0 Å². The monoisotopic (exact) mass is 242 g/mol. The van der Waals surface area contributed by atoms with Gasteiger partial charge in [0, 0.05) is 29.4 Å². The largest absolute Gasteiger partial charge is 0.306 e. The van der Waals surface area contributed by atoms with E-state index in [0.29, 0.717) is 0 Å². The van der Waals surface area contributed by atoms with Crippen LogP contribution >= 0.6 is 0 Å². The Hall–Kier alpha value is -2.61. The quantitative estimate of drug-likeness (QED) is 0.371. The number of pyridine rings is 1. The number of imidazole rings is 1. The van der Waals surface area contributed by atoms with Gasteiger partial charge in [0.2, 0.25) is 0 Å². The summed E-state index contributed by atoms with van der Waals surface area (Å²) in [6.07, 6.45) is 6.02. The third kappa shape index (κ3) is 1.04. The van der Waals surface area contributed by atoms with Crippen LogP contribution in [0.15, 0.2) is 61.1 Å². The van der Waals surface area contributed by atoms with E-state index in [1.54, 1.807) is 0 Å². The van der Waals surface area contributed by atoms with Crippen LogP contribution in [0.4, 0.5) is 0 Å². The van der Waals surface area contributed by atoms with E-state index in [4.69, 9.17) is 0 Å². The van der Waals surface area contributed by atoms with Gasteiger partial charge in [-0.1, -0.05) is 36.4 Å². The second-order valence-electron chi connectivity index (χ2n) is 5.01. The fourth-order valence-corrected chi connectivity index (χ4v) is 3.18. The van der Waals surface area contributed by atoms with Crippen LogP contribution < -0.4 is 0 Å². The van der Waals surface area contributed by atoms with Crippen LogP contribution in [0.3, 0.4) is 0 Å². The molecule has 0 aliphatic rings. The Labute approximate surface area is 109 Å². The lowest BCUT2D eigenvalue weighted by molar-refractivity contribution is 1.22. The lowest BCUT2D eigenvalue weighted by Crippen LogP contribution is -1.89. The molecule has 0 radical (unpaired) electrons. The summed E-state index contributed by atoms with van der Waals surface area (Å²) in [4.78, 5) is 4.49. The van der Waals surface area contributed by atoms with Crippen molar-refractivity contribution in [3.63, 3.8) is 0 Å². The molecule has 2 heteroatoms. The topological polar surface area (TPSA) is 17.3 Å². The lowest BCUT2D eigenvalue weighted by Gasteiger charge is -2.11. The molecule has 2 heterocycles. The average Bonchev–Trinajstić information content (AvgIpc) is 2.92. The van der Waals surface area contributed by atoms with Crippen molar-refractivity contribution < 1.29 is 0 Å². The minimum atomic E-state index is 1.03. The Balaban J connectivity index is 2.27. The van der Waals surface area contributed by atoms with Crippen LogP contribution in [0.2, 0.25) is 0 Å². The summed E-state index contributed by atoms with van der Waals surface area (Å²) in [7, 11) is 0. The van der Waals surface area contributed by atoms with E-state index in [-0.39, 0.29) is 0 Å². The molecule has 0 atom stereocenters. The van der Waals surface area contributed by atoms with Crippen LogP contribution in [-0.4, -0.2) is 9.38 Å². The zero-order valence-corrected chi connectivity index (χ0v) is 10.2. The second kappa shape index (κ2) is 3.04. The summed E-state index contributed by atoms with van der Waals surface area (Å²) in [6, 6.07) is 15.3. The van der Waals surface area contributed by atoms with Crippen LogP contribution in [0.25, 0.3) is 38.0 Å². The molecule has 19 heavy (non-hydrogen) atoms. The molecule has 0 spiro atoms. The number of hydrogen-bond acceptors (Lipinski definition) is 1. The van der Waals surface area contributed by atoms with Gasteiger partial charge < -0.3 is 4.40 Å². The van der Waals surface area contributed by atoms with Crippen LogP contribution in [0, 0.1) is 0 Å². The fraction of sp³-hybridized carbons (Fsp3) is 0. The van der Waals surface area contributed by atoms with Gasteiger partial charge >= 0.3 is 0 Å². The van der Waals surface area contributed by atoms with Gasteiger partial charge in [-0.05, 0) is 27.6 Å². The lowest BCUT2D eigenvalue weighted by atomic mass is 9.96. The Morgan fingerprint density at radius 2 is 1.58 bits per heavy atom. The molecule has 0 fully saturated rings. The molecule has 2 aromatic heterocycles. The van der Waals surface area contributed by atoms with Crippen molar-refractivity contribution in [1.29, 1.82) is 0 Å². The van der Waals surface area contributed by atoms with E-state index in [0.717, 1.165) is 5.65 Å². The summed E-state index contributed by atoms with van der Waals surface area (Å²) < 4.78 is 2.10. The zero-order chi connectivity index (χ0) is 12.4. The van der Waals surface area contributed by atoms with Crippen molar-refractivity contribution in [3.05, 3.63) is 61.1 Å². The third-order valence-electron chi connectivity index (χ3n) is 4.00. The summed E-state index contributed by atoms with van der Waals surface area (Å²) in [6.45, 7) is 0. The minimum Gasteiger partial charge on any atom is -0.306 e. The molecule has 0 amide bonds. The first kappa shape index (κ1) is 9.34. The number of rotatable bonds is 0. The van der Waals surface area contributed by atoms with Gasteiger partial charge in [-0.25, -0.2) is 4.98 Å². The Kier molecular flexibility index (Phi) is 1.49. The molecule has 0 aliphatic heterocycles. The second-order valence-corrected chi connectivity index (χ2v) is 5.01. The molecule has 0 saturated heterocycles. The molecule has 5 aromatic rings. The third-order valence-corrected chi connectivity index (χ3v) is 4.00. The number of benzene rings is 3. The van der Waals surface area contributed by atoms with Crippen LogP contribution in [0.5, 0.6) is 0 Å². The highest BCUT2D eigenvalue weighted by Gasteiger charge is 2.10. The van der Waals surface area contributed by atoms with E-state index in [2.05, 4.69) is 58.0 Å². The Morgan fingerprint density at radius 1 is 0.789 bits per heavy atom. The van der Waals surface area contributed by atoms with Crippen molar-refractivity contribution in [3.8, 4) is 0 Å². The van der Waals surface area contributed by atoms with Crippen molar-refractivity contribution in [2.45, 2.75) is 0 Å². The van der Waals surface area contributed by atoms with Crippen LogP contribution in [-0.2, 0) is 0 Å². The summed E-state index contributed by atoms with van der Waals surface area (Å²) in [5, 5.41) is 7.77. The number of fused-ring (bicyclic) bond motifs is 2. The van der Waals surface area contributed by atoms with Gasteiger partial charge in [-0.3, -0.25) is 0 Å². The van der Waals surface area contributed by atoms with E-state index in [9.17, 15) is 0 Å². The molecule has 0 saturated carbocycles. The fourth-order valence-electron chi connectivity index (χ4n) is 3.18. The SMILES string of the molecule is c1cc2ccc3cn4ccnc4c4ccc(c1)c2c34. The number of nitrogens with zero attached hydrogens (tertiary/aromatic N) is 2. The maximum absolute atomic E-state index is 4.49. The molecule has 0 N–H and O–H groups in total. The van der Waals surface area contributed by atoms with E-state index >= 15 is 0 Å². The van der Waals surface area contributed by atoms with Gasteiger partial charge in [0.05, 0.1) is 0 Å². The van der Waals surface area contributed by atoms with Gasteiger partial charge in [-0.2, -0.15) is 0 Å². The predicted molar refractivity (Wildman–Crippen MR) is 78.9 cm³/mol. The van der Waals surface area contributed by atoms with Gasteiger partial charge in [0.25, 0.3) is 0 Å². The van der Waals surface area contributed by atoms with Crippen molar-refractivity contribution in [1.82, 2.24) is 9.38 Å². The molecule has 0 unspecified atom stereocenters. The smallest absolute Gasteiger partial charge is 0.144 e. The molecule has 88 valence electrons. The predicted octanol–water partition coefficient (Wildman–Crippen LogP) is 4.23. The number of aromatic nitrogens is 2. The molecule has 0 bridgehead atoms. The van der Waals surface area contributed by atoms with Gasteiger partial charge in [0.15, 0.2) is 0 Å². The highest BCUT2D eigenvalue weighted by molar-refractivity contribution is 6.25. The summed E-state index contributed by atoms with van der Waals surface area (Å²) in [5.41, 5.74) is 1.03. The highest BCUT2D eigenvalue weighted by atomic mass is 15.0. The average molecular weight is 242 g/mol. The first-order chi connectivity index (χ1) is 9.42. The van der Waals surface area contributed by atoms with Crippen LogP contribution in [0.1, 0.15) is 0 Å².